The molecule has 2 aromatic carbocycles. The summed E-state index contributed by atoms with van der Waals surface area (Å²) in [7, 11) is 1.57. The first-order chi connectivity index (χ1) is 13.3. The van der Waals surface area contributed by atoms with Gasteiger partial charge in [0.25, 0.3) is 0 Å². The maximum absolute atomic E-state index is 13.1. The first kappa shape index (κ1) is 21.7. The molecule has 0 spiro atoms. The van der Waals surface area contributed by atoms with E-state index in [1.165, 1.54) is 12.1 Å². The predicted octanol–water partition coefficient (Wildman–Crippen LogP) is 3.78. The van der Waals surface area contributed by atoms with Gasteiger partial charge in [0.1, 0.15) is 11.6 Å². The second kappa shape index (κ2) is 10.1. The van der Waals surface area contributed by atoms with Crippen molar-refractivity contribution in [2.45, 2.75) is 19.9 Å². The summed E-state index contributed by atoms with van der Waals surface area (Å²) < 4.78 is 18.2. The van der Waals surface area contributed by atoms with Crippen LogP contribution in [0.15, 0.2) is 42.5 Å². The van der Waals surface area contributed by atoms with Crippen LogP contribution in [0.3, 0.4) is 0 Å². The van der Waals surface area contributed by atoms with Crippen LogP contribution in [0.2, 0.25) is 5.02 Å². The highest BCUT2D eigenvalue weighted by Crippen LogP contribution is 2.23. The van der Waals surface area contributed by atoms with Crippen LogP contribution in [0.5, 0.6) is 5.75 Å². The van der Waals surface area contributed by atoms with Crippen LogP contribution in [-0.4, -0.2) is 43.0 Å². The number of rotatable bonds is 8. The molecule has 0 fully saturated rings. The Morgan fingerprint density at radius 3 is 2.43 bits per heavy atom. The molecule has 8 heteroatoms. The number of carbonyl (C=O) groups is 2. The van der Waals surface area contributed by atoms with Crippen LogP contribution in [0, 0.1) is 5.82 Å². The monoisotopic (exact) mass is 407 g/mol. The molecule has 0 bridgehead atoms. The normalized spacial score (nSPS) is 11.8. The molecule has 1 atom stereocenters. The van der Waals surface area contributed by atoms with Gasteiger partial charge in [-0.1, -0.05) is 18.5 Å². The van der Waals surface area contributed by atoms with E-state index in [2.05, 4.69) is 10.6 Å². The van der Waals surface area contributed by atoms with Gasteiger partial charge in [-0.2, -0.15) is 0 Å². The standard InChI is InChI=1S/C20H23ClFN3O3/c1-4-25(12-19(26)23-15-6-8-16(28-3)9-7-15)13(2)20(27)24-18-10-5-14(22)11-17(18)21/h5-11,13H,4,12H2,1-3H3,(H,23,26)(H,24,27)/t13-/m0/s1. The Morgan fingerprint density at radius 1 is 1.18 bits per heavy atom. The molecule has 2 rings (SSSR count). The number of nitrogens with zero attached hydrogens (tertiary/aromatic N) is 1. The van der Waals surface area contributed by atoms with Crippen molar-refractivity contribution in [1.82, 2.24) is 4.90 Å². The van der Waals surface area contributed by atoms with Crippen LogP contribution < -0.4 is 15.4 Å². The highest BCUT2D eigenvalue weighted by atomic mass is 35.5. The summed E-state index contributed by atoms with van der Waals surface area (Å²) in [5.41, 5.74) is 0.954. The third-order valence-electron chi connectivity index (χ3n) is 4.24. The fraction of sp³-hybridized carbons (Fsp3) is 0.300. The zero-order chi connectivity index (χ0) is 20.7. The first-order valence-electron chi connectivity index (χ1n) is 8.78. The van der Waals surface area contributed by atoms with Crippen LogP contribution >= 0.6 is 11.6 Å². The second-order valence-corrected chi connectivity index (χ2v) is 6.54. The van der Waals surface area contributed by atoms with Crippen molar-refractivity contribution in [2.75, 3.05) is 30.8 Å². The Bertz CT molecular complexity index is 830. The Morgan fingerprint density at radius 2 is 1.86 bits per heavy atom. The average Bonchev–Trinajstić information content (AvgIpc) is 2.68. The van der Waals surface area contributed by atoms with E-state index in [-0.39, 0.29) is 23.4 Å². The van der Waals surface area contributed by atoms with Crippen molar-refractivity contribution in [3.05, 3.63) is 53.3 Å². The van der Waals surface area contributed by atoms with Gasteiger partial charge < -0.3 is 15.4 Å². The SMILES string of the molecule is CCN(CC(=O)Nc1ccc(OC)cc1)[C@@H](C)C(=O)Nc1ccc(F)cc1Cl. The Labute approximate surface area is 168 Å². The quantitative estimate of drug-likeness (QED) is 0.698. The minimum atomic E-state index is -0.590. The molecule has 0 aromatic heterocycles. The number of amides is 2. The summed E-state index contributed by atoms with van der Waals surface area (Å²) in [6.07, 6.45) is 0. The minimum absolute atomic E-state index is 0.0360. The molecule has 28 heavy (non-hydrogen) atoms. The predicted molar refractivity (Wildman–Crippen MR) is 108 cm³/mol. The number of ether oxygens (including phenoxy) is 1. The fourth-order valence-electron chi connectivity index (χ4n) is 2.58. The smallest absolute Gasteiger partial charge is 0.241 e. The van der Waals surface area contributed by atoms with Crippen LogP contribution in [0.1, 0.15) is 13.8 Å². The number of hydrogen-bond acceptors (Lipinski definition) is 4. The number of anilines is 2. The molecule has 0 aliphatic rings. The van der Waals surface area contributed by atoms with E-state index in [0.29, 0.717) is 23.7 Å². The van der Waals surface area contributed by atoms with Gasteiger partial charge in [0, 0.05) is 5.69 Å². The maximum Gasteiger partial charge on any atom is 0.241 e. The number of likely N-dealkylation sites (N-methyl/N-ethyl adjacent to an activating group) is 1. The molecule has 0 heterocycles. The molecular formula is C20H23ClFN3O3. The number of carbonyl (C=O) groups excluding carboxylic acids is 2. The summed E-state index contributed by atoms with van der Waals surface area (Å²) >= 11 is 5.95. The van der Waals surface area contributed by atoms with Gasteiger partial charge in [0.15, 0.2) is 0 Å². The molecule has 0 saturated carbocycles. The third kappa shape index (κ3) is 5.94. The molecule has 0 saturated heterocycles. The lowest BCUT2D eigenvalue weighted by Gasteiger charge is -2.26. The Kier molecular flexibility index (Phi) is 7.78. The summed E-state index contributed by atoms with van der Waals surface area (Å²) in [5.74, 6) is -0.376. The lowest BCUT2D eigenvalue weighted by atomic mass is 10.2. The number of nitrogens with one attached hydrogen (secondary N) is 2. The fourth-order valence-corrected chi connectivity index (χ4v) is 2.79. The van der Waals surface area contributed by atoms with E-state index in [4.69, 9.17) is 16.3 Å². The third-order valence-corrected chi connectivity index (χ3v) is 4.56. The van der Waals surface area contributed by atoms with Crippen LogP contribution in [0.4, 0.5) is 15.8 Å². The van der Waals surface area contributed by atoms with Crippen molar-refractivity contribution < 1.29 is 18.7 Å². The van der Waals surface area contributed by atoms with E-state index < -0.39 is 11.9 Å². The van der Waals surface area contributed by atoms with Gasteiger partial charge in [-0.25, -0.2) is 4.39 Å². The summed E-state index contributed by atoms with van der Waals surface area (Å²) in [6, 6.07) is 10.1. The maximum atomic E-state index is 13.1. The molecule has 0 radical (unpaired) electrons. The molecule has 2 amide bonds. The topological polar surface area (TPSA) is 70.7 Å². The Balaban J connectivity index is 1.96. The second-order valence-electron chi connectivity index (χ2n) is 6.13. The molecule has 2 N–H and O–H groups in total. The first-order valence-corrected chi connectivity index (χ1v) is 9.15. The Hall–Kier alpha value is -2.64. The van der Waals surface area contributed by atoms with E-state index in [0.717, 1.165) is 6.07 Å². The molecule has 0 unspecified atom stereocenters. The van der Waals surface area contributed by atoms with Gasteiger partial charge >= 0.3 is 0 Å². The number of hydrogen-bond donors (Lipinski definition) is 2. The van der Waals surface area contributed by atoms with Gasteiger partial charge in [-0.3, -0.25) is 14.5 Å². The van der Waals surface area contributed by atoms with E-state index in [9.17, 15) is 14.0 Å². The summed E-state index contributed by atoms with van der Waals surface area (Å²) in [6.45, 7) is 4.07. The average molecular weight is 408 g/mol. The molecule has 0 aliphatic carbocycles. The number of halogens is 2. The van der Waals surface area contributed by atoms with Gasteiger partial charge in [-0.05, 0) is 55.9 Å². The lowest BCUT2D eigenvalue weighted by molar-refractivity contribution is -0.123. The summed E-state index contributed by atoms with van der Waals surface area (Å²) in [5, 5.41) is 5.56. The van der Waals surface area contributed by atoms with Crippen molar-refractivity contribution in [1.29, 1.82) is 0 Å². The largest absolute Gasteiger partial charge is 0.497 e. The highest BCUT2D eigenvalue weighted by molar-refractivity contribution is 6.33. The molecule has 6 nitrogen and oxygen atoms in total. The van der Waals surface area contributed by atoms with E-state index in [1.54, 1.807) is 43.2 Å². The van der Waals surface area contributed by atoms with Crippen molar-refractivity contribution >= 4 is 34.8 Å². The van der Waals surface area contributed by atoms with Crippen molar-refractivity contribution in [3.63, 3.8) is 0 Å². The molecule has 0 aliphatic heterocycles. The van der Waals surface area contributed by atoms with Gasteiger partial charge in [0.05, 0.1) is 30.4 Å². The molecular weight excluding hydrogens is 385 g/mol. The molecule has 150 valence electrons. The molecule has 2 aromatic rings. The lowest BCUT2D eigenvalue weighted by Crippen LogP contribution is -2.45. The number of benzene rings is 2. The van der Waals surface area contributed by atoms with Crippen LogP contribution in [0.25, 0.3) is 0 Å². The zero-order valence-electron chi connectivity index (χ0n) is 16.0. The summed E-state index contributed by atoms with van der Waals surface area (Å²) in [4.78, 5) is 26.6. The van der Waals surface area contributed by atoms with Crippen molar-refractivity contribution in [2.24, 2.45) is 0 Å². The highest BCUT2D eigenvalue weighted by Gasteiger charge is 2.23. The van der Waals surface area contributed by atoms with Crippen molar-refractivity contribution in [3.8, 4) is 5.75 Å². The van der Waals surface area contributed by atoms with Crippen LogP contribution in [-0.2, 0) is 9.59 Å². The van der Waals surface area contributed by atoms with E-state index >= 15 is 0 Å². The van der Waals surface area contributed by atoms with E-state index in [1.807, 2.05) is 6.92 Å². The van der Waals surface area contributed by atoms with Gasteiger partial charge in [-0.15, -0.1) is 0 Å². The minimum Gasteiger partial charge on any atom is -0.497 e. The zero-order valence-corrected chi connectivity index (χ0v) is 16.7. The number of methoxy groups -OCH3 is 1. The van der Waals surface area contributed by atoms with Gasteiger partial charge in [0.2, 0.25) is 11.8 Å².